The molecule has 1 N–H and O–H groups in total. The Morgan fingerprint density at radius 2 is 1.75 bits per heavy atom. The molecule has 0 radical (unpaired) electrons. The zero-order valence-electron chi connectivity index (χ0n) is 11.9. The van der Waals surface area contributed by atoms with Crippen LogP contribution in [0.25, 0.3) is 5.69 Å². The van der Waals surface area contributed by atoms with Gasteiger partial charge in [0.25, 0.3) is 0 Å². The Labute approximate surface area is 116 Å². The van der Waals surface area contributed by atoms with Crippen LogP contribution < -0.4 is 11.0 Å². The van der Waals surface area contributed by atoms with Crippen molar-refractivity contribution in [3.8, 4) is 5.69 Å². The van der Waals surface area contributed by atoms with Crippen molar-refractivity contribution in [1.82, 2.24) is 19.8 Å². The van der Waals surface area contributed by atoms with E-state index in [2.05, 4.69) is 15.7 Å². The highest BCUT2D eigenvalue weighted by Crippen LogP contribution is 2.18. The number of anilines is 1. The second-order valence-electron chi connectivity index (χ2n) is 5.55. The fraction of sp³-hybridized carbons (Fsp3) is 0.385. The van der Waals surface area contributed by atoms with Gasteiger partial charge in [0.2, 0.25) is 5.91 Å². The van der Waals surface area contributed by atoms with Crippen molar-refractivity contribution in [2.75, 3.05) is 5.32 Å². The molecular formula is C13H17N5O2. The molecule has 1 heterocycles. The Hall–Kier alpha value is -2.44. The normalized spacial score (nSPS) is 11.4. The SMILES string of the molecule is Cn1nnn(-c2ccc(NC(=O)C(C)(C)C)cc2)c1=O. The minimum Gasteiger partial charge on any atom is -0.326 e. The molecule has 106 valence electrons. The molecule has 7 nitrogen and oxygen atoms in total. The fourth-order valence-electron chi connectivity index (χ4n) is 1.48. The first-order valence-corrected chi connectivity index (χ1v) is 6.20. The molecule has 1 aromatic heterocycles. The number of benzene rings is 1. The van der Waals surface area contributed by atoms with Crippen molar-refractivity contribution in [2.45, 2.75) is 20.8 Å². The topological polar surface area (TPSA) is 81.8 Å². The number of carbonyl (C=O) groups is 1. The molecule has 0 aliphatic rings. The van der Waals surface area contributed by atoms with E-state index in [9.17, 15) is 9.59 Å². The molecule has 0 aliphatic heterocycles. The van der Waals surface area contributed by atoms with Crippen molar-refractivity contribution >= 4 is 11.6 Å². The molecule has 0 saturated heterocycles. The standard InChI is InChI=1S/C13H17N5O2/c1-13(2,3)11(19)14-9-5-7-10(8-6-9)18-12(20)17(4)15-16-18/h5-8H,1-4H3,(H,14,19). The van der Waals surface area contributed by atoms with Crippen LogP contribution in [0.3, 0.4) is 0 Å². The summed E-state index contributed by atoms with van der Waals surface area (Å²) in [5.74, 6) is -0.0677. The van der Waals surface area contributed by atoms with Gasteiger partial charge in [0.15, 0.2) is 0 Å². The average molecular weight is 275 g/mol. The number of amides is 1. The molecule has 1 amide bonds. The molecule has 2 aromatic rings. The number of aryl methyl sites for hydroxylation is 1. The van der Waals surface area contributed by atoms with Crippen LogP contribution in [0.5, 0.6) is 0 Å². The monoisotopic (exact) mass is 275 g/mol. The molecule has 2 rings (SSSR count). The van der Waals surface area contributed by atoms with Crippen molar-refractivity contribution in [2.24, 2.45) is 12.5 Å². The first-order valence-electron chi connectivity index (χ1n) is 6.20. The maximum absolute atomic E-state index is 11.9. The molecule has 0 bridgehead atoms. The summed E-state index contributed by atoms with van der Waals surface area (Å²) in [6.45, 7) is 5.53. The third-order valence-electron chi connectivity index (χ3n) is 2.77. The van der Waals surface area contributed by atoms with E-state index in [1.54, 1.807) is 24.3 Å². The summed E-state index contributed by atoms with van der Waals surface area (Å²) in [5.41, 5.74) is 0.486. The summed E-state index contributed by atoms with van der Waals surface area (Å²) in [6, 6.07) is 6.85. The van der Waals surface area contributed by atoms with Gasteiger partial charge in [-0.25, -0.2) is 4.79 Å². The van der Waals surface area contributed by atoms with Gasteiger partial charge in [-0.1, -0.05) is 20.8 Å². The van der Waals surface area contributed by atoms with E-state index in [4.69, 9.17) is 0 Å². The first kappa shape index (κ1) is 14.0. The number of nitrogens with one attached hydrogen (secondary N) is 1. The van der Waals surface area contributed by atoms with Gasteiger partial charge in [-0.2, -0.15) is 9.36 Å². The van der Waals surface area contributed by atoms with Gasteiger partial charge >= 0.3 is 5.69 Å². The summed E-state index contributed by atoms with van der Waals surface area (Å²) >= 11 is 0. The highest BCUT2D eigenvalue weighted by Gasteiger charge is 2.21. The van der Waals surface area contributed by atoms with E-state index in [1.165, 1.54) is 11.7 Å². The lowest BCUT2D eigenvalue weighted by Crippen LogP contribution is -2.27. The number of aromatic nitrogens is 4. The quantitative estimate of drug-likeness (QED) is 0.884. The molecule has 0 fully saturated rings. The zero-order valence-corrected chi connectivity index (χ0v) is 11.9. The number of rotatable bonds is 2. The highest BCUT2D eigenvalue weighted by atomic mass is 16.2. The predicted octanol–water partition coefficient (Wildman–Crippen LogP) is 0.951. The van der Waals surface area contributed by atoms with Crippen LogP contribution in [0.1, 0.15) is 20.8 Å². The summed E-state index contributed by atoms with van der Waals surface area (Å²) in [6.07, 6.45) is 0. The number of hydrogen-bond acceptors (Lipinski definition) is 4. The van der Waals surface area contributed by atoms with Gasteiger partial charge in [-0.3, -0.25) is 4.79 Å². The van der Waals surface area contributed by atoms with Crippen LogP contribution in [0, 0.1) is 5.41 Å². The predicted molar refractivity (Wildman–Crippen MR) is 74.7 cm³/mol. The Kier molecular flexibility index (Phi) is 3.44. The average Bonchev–Trinajstić information content (AvgIpc) is 2.70. The van der Waals surface area contributed by atoms with Crippen molar-refractivity contribution < 1.29 is 4.79 Å². The Morgan fingerprint density at radius 3 is 2.20 bits per heavy atom. The lowest BCUT2D eigenvalue weighted by molar-refractivity contribution is -0.123. The van der Waals surface area contributed by atoms with Gasteiger partial charge in [0, 0.05) is 18.2 Å². The number of hydrogen-bond donors (Lipinski definition) is 1. The summed E-state index contributed by atoms with van der Waals surface area (Å²) in [7, 11) is 1.53. The van der Waals surface area contributed by atoms with Crippen molar-refractivity contribution in [3.05, 3.63) is 34.7 Å². The lowest BCUT2D eigenvalue weighted by Gasteiger charge is -2.17. The molecule has 0 atom stereocenters. The Bertz CT molecular complexity index is 676. The van der Waals surface area contributed by atoms with Gasteiger partial charge < -0.3 is 5.32 Å². The largest absolute Gasteiger partial charge is 0.368 e. The smallest absolute Gasteiger partial charge is 0.326 e. The number of carbonyl (C=O) groups excluding carboxylic acids is 1. The van der Waals surface area contributed by atoms with Crippen molar-refractivity contribution in [3.63, 3.8) is 0 Å². The third-order valence-corrected chi connectivity index (χ3v) is 2.77. The third kappa shape index (κ3) is 2.76. The Morgan fingerprint density at radius 1 is 1.15 bits per heavy atom. The Balaban J connectivity index is 2.21. The number of nitrogens with zero attached hydrogens (tertiary/aromatic N) is 4. The van der Waals surface area contributed by atoms with E-state index in [0.29, 0.717) is 11.4 Å². The maximum Gasteiger partial charge on any atom is 0.368 e. The van der Waals surface area contributed by atoms with Crippen LogP contribution in [0.2, 0.25) is 0 Å². The van der Waals surface area contributed by atoms with E-state index >= 15 is 0 Å². The van der Waals surface area contributed by atoms with Crippen LogP contribution in [-0.4, -0.2) is 25.7 Å². The molecule has 0 unspecified atom stereocenters. The van der Waals surface area contributed by atoms with E-state index < -0.39 is 5.41 Å². The van der Waals surface area contributed by atoms with E-state index in [-0.39, 0.29) is 11.6 Å². The summed E-state index contributed by atoms with van der Waals surface area (Å²) in [4.78, 5) is 23.5. The van der Waals surface area contributed by atoms with Gasteiger partial charge in [0.05, 0.1) is 5.69 Å². The van der Waals surface area contributed by atoms with Gasteiger partial charge in [0.1, 0.15) is 0 Å². The molecule has 7 heteroatoms. The summed E-state index contributed by atoms with van der Waals surface area (Å²) in [5, 5.41) is 10.2. The van der Waals surface area contributed by atoms with Crippen LogP contribution >= 0.6 is 0 Å². The van der Waals surface area contributed by atoms with Crippen LogP contribution in [-0.2, 0) is 11.8 Å². The summed E-state index contributed by atoms with van der Waals surface area (Å²) < 4.78 is 2.34. The minimum atomic E-state index is -0.458. The minimum absolute atomic E-state index is 0.0677. The molecule has 0 spiro atoms. The first-order chi connectivity index (χ1) is 9.29. The maximum atomic E-state index is 11.9. The second-order valence-corrected chi connectivity index (χ2v) is 5.55. The fourth-order valence-corrected chi connectivity index (χ4v) is 1.48. The van der Waals surface area contributed by atoms with E-state index in [1.807, 2.05) is 20.8 Å². The second kappa shape index (κ2) is 4.92. The van der Waals surface area contributed by atoms with Gasteiger partial charge in [-0.15, -0.1) is 0 Å². The van der Waals surface area contributed by atoms with Crippen molar-refractivity contribution in [1.29, 1.82) is 0 Å². The molecule has 1 aromatic carbocycles. The number of tetrazole rings is 1. The van der Waals surface area contributed by atoms with E-state index in [0.717, 1.165) is 4.68 Å². The lowest BCUT2D eigenvalue weighted by atomic mass is 9.95. The van der Waals surface area contributed by atoms with Crippen LogP contribution in [0.4, 0.5) is 5.69 Å². The highest BCUT2D eigenvalue weighted by molar-refractivity contribution is 5.94. The zero-order chi connectivity index (χ0) is 14.9. The molecule has 0 aliphatic carbocycles. The van der Waals surface area contributed by atoms with Crippen LogP contribution in [0.15, 0.2) is 29.1 Å². The molecule has 0 saturated carbocycles. The van der Waals surface area contributed by atoms with Gasteiger partial charge in [-0.05, 0) is 34.7 Å². The molecular weight excluding hydrogens is 258 g/mol. The molecule has 20 heavy (non-hydrogen) atoms.